The second-order valence-electron chi connectivity index (χ2n) is 10.2. The van der Waals surface area contributed by atoms with E-state index in [0.717, 1.165) is 48.7 Å². The summed E-state index contributed by atoms with van der Waals surface area (Å²) in [5.41, 5.74) is 6.03. The van der Waals surface area contributed by atoms with Gasteiger partial charge >= 0.3 is 5.97 Å². The van der Waals surface area contributed by atoms with E-state index in [2.05, 4.69) is 46.6 Å². The number of hydrogen-bond acceptors (Lipinski definition) is 4. The summed E-state index contributed by atoms with van der Waals surface area (Å²) >= 11 is 1.57. The predicted molar refractivity (Wildman–Crippen MR) is 157 cm³/mol. The lowest BCUT2D eigenvalue weighted by Crippen LogP contribution is -2.41. The van der Waals surface area contributed by atoms with Gasteiger partial charge in [-0.2, -0.15) is 11.8 Å². The number of thioether (sulfide) groups is 1. The minimum Gasteiger partial charge on any atom is -0.480 e. The molecule has 0 unspecified atom stereocenters. The smallest absolute Gasteiger partial charge is 0.326 e. The van der Waals surface area contributed by atoms with Gasteiger partial charge in [0.1, 0.15) is 6.04 Å². The number of benzene rings is 3. The summed E-state index contributed by atoms with van der Waals surface area (Å²) in [5.74, 6) is 0.0424. The van der Waals surface area contributed by atoms with Crippen molar-refractivity contribution in [3.63, 3.8) is 0 Å². The predicted octanol–water partition coefficient (Wildman–Crippen LogP) is 6.05. The summed E-state index contributed by atoms with van der Waals surface area (Å²) in [6, 6.07) is 23.9. The van der Waals surface area contributed by atoms with E-state index in [-0.39, 0.29) is 5.91 Å². The lowest BCUT2D eigenvalue weighted by atomic mass is 9.89. The van der Waals surface area contributed by atoms with Crippen molar-refractivity contribution < 1.29 is 14.7 Å². The topological polar surface area (TPSA) is 69.6 Å². The van der Waals surface area contributed by atoms with Crippen LogP contribution in [0.15, 0.2) is 72.8 Å². The number of carbonyl (C=O) groups excluding carboxylic acids is 1. The fourth-order valence-corrected chi connectivity index (χ4v) is 5.74. The zero-order valence-corrected chi connectivity index (χ0v) is 23.2. The SMILES string of the molecule is CSCC[C@H](NC(=O)c1ccc(CN2CCC(Cc3ccccc3)CC2)cc1-c1ccccc1C)C(=O)O. The molecule has 4 rings (SSSR count). The van der Waals surface area contributed by atoms with Crippen LogP contribution in [0.5, 0.6) is 0 Å². The number of aliphatic carboxylic acids is 1. The van der Waals surface area contributed by atoms with E-state index >= 15 is 0 Å². The third-order valence-electron chi connectivity index (χ3n) is 7.46. The number of likely N-dealkylation sites (tertiary alicyclic amines) is 1. The van der Waals surface area contributed by atoms with Crippen molar-refractivity contribution in [3.05, 3.63) is 95.1 Å². The molecule has 3 aromatic rings. The lowest BCUT2D eigenvalue weighted by molar-refractivity contribution is -0.139. The number of rotatable bonds is 11. The van der Waals surface area contributed by atoms with Crippen LogP contribution < -0.4 is 5.32 Å². The van der Waals surface area contributed by atoms with Gasteiger partial charge in [0.05, 0.1) is 0 Å². The Balaban J connectivity index is 1.49. The van der Waals surface area contributed by atoms with Crippen LogP contribution in [-0.2, 0) is 17.8 Å². The van der Waals surface area contributed by atoms with Crippen LogP contribution in [0.2, 0.25) is 0 Å². The summed E-state index contributed by atoms with van der Waals surface area (Å²) in [6.45, 7) is 5.01. The van der Waals surface area contributed by atoms with E-state index < -0.39 is 12.0 Å². The van der Waals surface area contributed by atoms with Gasteiger partial charge in [-0.15, -0.1) is 0 Å². The van der Waals surface area contributed by atoms with Crippen molar-refractivity contribution >= 4 is 23.6 Å². The molecule has 2 N–H and O–H groups in total. The Morgan fingerprint density at radius 2 is 1.68 bits per heavy atom. The van der Waals surface area contributed by atoms with Crippen molar-refractivity contribution in [2.75, 3.05) is 25.1 Å². The molecule has 5 nitrogen and oxygen atoms in total. The highest BCUT2D eigenvalue weighted by atomic mass is 32.2. The normalized spacial score (nSPS) is 15.2. The average molecular weight is 531 g/mol. The molecule has 1 aliphatic heterocycles. The maximum atomic E-state index is 13.3. The molecule has 0 aromatic heterocycles. The monoisotopic (exact) mass is 530 g/mol. The number of carboxylic acids is 1. The molecule has 0 bridgehead atoms. The summed E-state index contributed by atoms with van der Waals surface area (Å²) in [4.78, 5) is 27.6. The van der Waals surface area contributed by atoms with E-state index in [0.29, 0.717) is 17.7 Å². The number of nitrogens with one attached hydrogen (secondary N) is 1. The molecule has 0 aliphatic carbocycles. The van der Waals surface area contributed by atoms with Crippen LogP contribution in [-0.4, -0.2) is 53.0 Å². The summed E-state index contributed by atoms with van der Waals surface area (Å²) in [6.07, 6.45) is 5.84. The van der Waals surface area contributed by atoms with Crippen LogP contribution in [0.25, 0.3) is 11.1 Å². The van der Waals surface area contributed by atoms with Crippen LogP contribution >= 0.6 is 11.8 Å². The van der Waals surface area contributed by atoms with E-state index in [1.165, 1.54) is 24.0 Å². The minimum atomic E-state index is -1.00. The first-order valence-corrected chi connectivity index (χ1v) is 14.8. The standard InChI is InChI=1S/C32H38N2O3S/c1-23-8-6-7-11-27(23)29-21-26(12-13-28(29)31(35)33-30(32(36)37)16-19-38-2)22-34-17-14-25(15-18-34)20-24-9-4-3-5-10-24/h3-13,21,25,30H,14-20,22H2,1-2H3,(H,33,35)(H,36,37)/t30-/m0/s1. The fourth-order valence-electron chi connectivity index (χ4n) is 5.27. The molecule has 1 fully saturated rings. The number of carbonyl (C=O) groups is 2. The highest BCUT2D eigenvalue weighted by Gasteiger charge is 2.24. The molecular formula is C32H38N2O3S. The molecule has 1 aliphatic rings. The van der Waals surface area contributed by atoms with Crippen molar-refractivity contribution in [1.29, 1.82) is 0 Å². The van der Waals surface area contributed by atoms with E-state index in [4.69, 9.17) is 0 Å². The number of hydrogen-bond donors (Lipinski definition) is 2. The van der Waals surface area contributed by atoms with Gasteiger partial charge in [0.2, 0.25) is 0 Å². The fraction of sp³-hybridized carbons (Fsp3) is 0.375. The first-order valence-electron chi connectivity index (χ1n) is 13.4. The van der Waals surface area contributed by atoms with E-state index in [1.807, 2.05) is 49.6 Å². The van der Waals surface area contributed by atoms with Crippen molar-refractivity contribution in [1.82, 2.24) is 10.2 Å². The molecule has 0 saturated carbocycles. The summed E-state index contributed by atoms with van der Waals surface area (Å²) in [5, 5.41) is 12.4. The summed E-state index contributed by atoms with van der Waals surface area (Å²) < 4.78 is 0. The molecule has 1 saturated heterocycles. The number of amides is 1. The van der Waals surface area contributed by atoms with Crippen molar-refractivity contribution in [2.45, 2.75) is 45.2 Å². The number of carboxylic acid groups (broad SMARTS) is 1. The van der Waals surface area contributed by atoms with Crippen molar-refractivity contribution in [3.8, 4) is 11.1 Å². The Kier molecular flexibility index (Phi) is 10.0. The first-order chi connectivity index (χ1) is 18.4. The maximum absolute atomic E-state index is 13.3. The second kappa shape index (κ2) is 13.6. The molecule has 6 heteroatoms. The quantitative estimate of drug-likeness (QED) is 0.316. The molecule has 0 spiro atoms. The largest absolute Gasteiger partial charge is 0.480 e. The highest BCUT2D eigenvalue weighted by molar-refractivity contribution is 7.98. The zero-order valence-electron chi connectivity index (χ0n) is 22.4. The Labute approximate surface area is 230 Å². The Morgan fingerprint density at radius 1 is 0.974 bits per heavy atom. The van der Waals surface area contributed by atoms with Gasteiger partial charge in [0.25, 0.3) is 5.91 Å². The summed E-state index contributed by atoms with van der Waals surface area (Å²) in [7, 11) is 0. The van der Waals surface area contributed by atoms with Crippen LogP contribution in [0.1, 0.15) is 46.3 Å². The third-order valence-corrected chi connectivity index (χ3v) is 8.10. The molecule has 1 atom stereocenters. The zero-order chi connectivity index (χ0) is 26.9. The van der Waals surface area contributed by atoms with Crippen molar-refractivity contribution in [2.24, 2.45) is 5.92 Å². The number of nitrogens with zero attached hydrogens (tertiary/aromatic N) is 1. The minimum absolute atomic E-state index is 0.343. The second-order valence-corrected chi connectivity index (χ2v) is 11.2. The van der Waals surface area contributed by atoms with Gasteiger partial charge in [-0.05, 0) is 104 Å². The first kappa shape index (κ1) is 27.9. The van der Waals surface area contributed by atoms with Gasteiger partial charge in [0.15, 0.2) is 0 Å². The van der Waals surface area contributed by atoms with Crippen LogP contribution in [0.4, 0.5) is 0 Å². The number of aryl methyl sites for hydroxylation is 1. The number of piperidine rings is 1. The molecular weight excluding hydrogens is 492 g/mol. The molecule has 38 heavy (non-hydrogen) atoms. The lowest BCUT2D eigenvalue weighted by Gasteiger charge is -2.32. The van der Waals surface area contributed by atoms with E-state index in [9.17, 15) is 14.7 Å². The third kappa shape index (κ3) is 7.49. The van der Waals surface area contributed by atoms with Crippen LogP contribution in [0.3, 0.4) is 0 Å². The average Bonchev–Trinajstić information content (AvgIpc) is 2.92. The molecule has 0 radical (unpaired) electrons. The molecule has 200 valence electrons. The Bertz CT molecular complexity index is 1220. The highest BCUT2D eigenvalue weighted by Crippen LogP contribution is 2.30. The van der Waals surface area contributed by atoms with Gasteiger partial charge in [-0.1, -0.05) is 60.7 Å². The van der Waals surface area contributed by atoms with Gasteiger partial charge in [0, 0.05) is 12.1 Å². The molecule has 1 amide bonds. The Hall–Kier alpha value is -3.09. The van der Waals surface area contributed by atoms with Gasteiger partial charge in [-0.25, -0.2) is 4.79 Å². The maximum Gasteiger partial charge on any atom is 0.326 e. The van der Waals surface area contributed by atoms with Crippen LogP contribution in [0, 0.1) is 12.8 Å². The molecule has 1 heterocycles. The van der Waals surface area contributed by atoms with E-state index in [1.54, 1.807) is 11.8 Å². The molecule has 3 aromatic carbocycles. The van der Waals surface area contributed by atoms with Gasteiger partial charge < -0.3 is 10.4 Å². The Morgan fingerprint density at radius 3 is 2.37 bits per heavy atom. The van der Waals surface area contributed by atoms with Gasteiger partial charge in [-0.3, -0.25) is 9.69 Å².